The maximum Gasteiger partial charge on any atom is 0.164 e. The summed E-state index contributed by atoms with van der Waals surface area (Å²) >= 11 is 0. The summed E-state index contributed by atoms with van der Waals surface area (Å²) in [5.74, 6) is 0.651. The van der Waals surface area contributed by atoms with Gasteiger partial charge < -0.3 is 0 Å². The maximum absolute atomic E-state index is 3.99. The lowest BCUT2D eigenvalue weighted by atomic mass is 10.3. The molecular weight excluding hydrogens is 152 g/mol. The lowest BCUT2D eigenvalue weighted by molar-refractivity contribution is 1.05. The Bertz CT molecular complexity index is 308. The van der Waals surface area contributed by atoms with Crippen LogP contribution in [0, 0.1) is 0 Å². The Hall–Kier alpha value is -1.84. The minimum atomic E-state index is 0.651. The molecule has 0 saturated heterocycles. The van der Waals surface area contributed by atoms with E-state index in [4.69, 9.17) is 0 Å². The molecule has 0 radical (unpaired) electrons. The second-order valence-electron chi connectivity index (χ2n) is 2.20. The van der Waals surface area contributed by atoms with Crippen molar-refractivity contribution in [3.63, 3.8) is 0 Å². The molecule has 0 amide bonds. The minimum absolute atomic E-state index is 0.651. The van der Waals surface area contributed by atoms with Crippen molar-refractivity contribution in [1.82, 2.24) is 19.9 Å². The van der Waals surface area contributed by atoms with Gasteiger partial charge in [-0.2, -0.15) is 0 Å². The first-order valence-electron chi connectivity index (χ1n) is 3.49. The summed E-state index contributed by atoms with van der Waals surface area (Å²) in [5, 5.41) is 0. The Morgan fingerprint density at radius 3 is 2.50 bits per heavy atom. The number of pyridine rings is 1. The van der Waals surface area contributed by atoms with Crippen LogP contribution >= 0.6 is 0 Å². The molecule has 0 unspecified atom stereocenters. The Labute approximate surface area is 69.4 Å². The number of aromatic nitrogens is 4. The highest BCUT2D eigenvalue weighted by atomic mass is 15.0. The molecule has 12 heavy (non-hydrogen) atoms. The summed E-state index contributed by atoms with van der Waals surface area (Å²) in [7, 11) is 0. The zero-order chi connectivity index (χ0) is 8.23. The van der Waals surface area contributed by atoms with Gasteiger partial charge in [0.1, 0.15) is 12.7 Å². The van der Waals surface area contributed by atoms with Crippen molar-refractivity contribution >= 4 is 0 Å². The van der Waals surface area contributed by atoms with Crippen molar-refractivity contribution in [2.75, 3.05) is 0 Å². The van der Waals surface area contributed by atoms with Crippen molar-refractivity contribution in [1.29, 1.82) is 0 Å². The van der Waals surface area contributed by atoms with E-state index < -0.39 is 0 Å². The van der Waals surface area contributed by atoms with Gasteiger partial charge in [0.05, 0.1) is 0 Å². The SMILES string of the molecule is c1cncc(-c2ncncn2)c1. The van der Waals surface area contributed by atoms with Crippen molar-refractivity contribution in [3.8, 4) is 11.4 Å². The summed E-state index contributed by atoms with van der Waals surface area (Å²) in [5.41, 5.74) is 0.903. The van der Waals surface area contributed by atoms with Gasteiger partial charge in [-0.1, -0.05) is 0 Å². The fourth-order valence-electron chi connectivity index (χ4n) is 0.883. The van der Waals surface area contributed by atoms with E-state index in [1.54, 1.807) is 12.4 Å². The molecule has 0 aliphatic carbocycles. The van der Waals surface area contributed by atoms with E-state index in [0.717, 1.165) is 5.56 Å². The van der Waals surface area contributed by atoms with Gasteiger partial charge in [-0.05, 0) is 12.1 Å². The monoisotopic (exact) mass is 158 g/mol. The highest BCUT2D eigenvalue weighted by Gasteiger charge is 1.96. The first kappa shape index (κ1) is 6.84. The van der Waals surface area contributed by atoms with Gasteiger partial charge >= 0.3 is 0 Å². The smallest absolute Gasteiger partial charge is 0.164 e. The summed E-state index contributed by atoms with van der Waals surface area (Å²) in [6.07, 6.45) is 6.37. The molecule has 2 aromatic heterocycles. The molecular formula is C8H6N4. The highest BCUT2D eigenvalue weighted by Crippen LogP contribution is 2.09. The van der Waals surface area contributed by atoms with Crippen LogP contribution in [-0.4, -0.2) is 19.9 Å². The predicted octanol–water partition coefficient (Wildman–Crippen LogP) is 0.934. The van der Waals surface area contributed by atoms with Crippen LogP contribution in [0.3, 0.4) is 0 Å². The Balaban J connectivity index is 2.46. The van der Waals surface area contributed by atoms with Crippen molar-refractivity contribution in [2.45, 2.75) is 0 Å². The molecule has 0 aliphatic rings. The lowest BCUT2D eigenvalue weighted by Gasteiger charge is -1.94. The molecule has 0 fully saturated rings. The van der Waals surface area contributed by atoms with Gasteiger partial charge in [0, 0.05) is 18.0 Å². The fraction of sp³-hybridized carbons (Fsp3) is 0. The third-order valence-corrected chi connectivity index (χ3v) is 1.41. The quantitative estimate of drug-likeness (QED) is 0.619. The van der Waals surface area contributed by atoms with Gasteiger partial charge in [-0.25, -0.2) is 15.0 Å². The molecule has 2 aromatic rings. The first-order chi connectivity index (χ1) is 5.97. The molecule has 4 heteroatoms. The van der Waals surface area contributed by atoms with Gasteiger partial charge in [0.25, 0.3) is 0 Å². The molecule has 0 aliphatic heterocycles. The van der Waals surface area contributed by atoms with Crippen LogP contribution in [0.25, 0.3) is 11.4 Å². The zero-order valence-corrected chi connectivity index (χ0v) is 6.25. The summed E-state index contributed by atoms with van der Waals surface area (Å²) in [4.78, 5) is 15.7. The van der Waals surface area contributed by atoms with Crippen molar-refractivity contribution < 1.29 is 0 Å². The van der Waals surface area contributed by atoms with Crippen LogP contribution in [0.2, 0.25) is 0 Å². The van der Waals surface area contributed by atoms with Gasteiger partial charge in [-0.3, -0.25) is 4.98 Å². The zero-order valence-electron chi connectivity index (χ0n) is 6.25. The molecule has 0 bridgehead atoms. The standard InChI is InChI=1S/C8H6N4/c1-2-7(4-9-3-1)8-11-5-10-6-12-8/h1-6H. The summed E-state index contributed by atoms with van der Waals surface area (Å²) < 4.78 is 0. The number of hydrogen-bond acceptors (Lipinski definition) is 4. The van der Waals surface area contributed by atoms with E-state index in [2.05, 4.69) is 19.9 Å². The van der Waals surface area contributed by atoms with E-state index >= 15 is 0 Å². The topological polar surface area (TPSA) is 51.6 Å². The normalized spacial score (nSPS) is 9.67. The van der Waals surface area contributed by atoms with E-state index in [1.165, 1.54) is 12.7 Å². The molecule has 2 rings (SSSR count). The molecule has 0 N–H and O–H groups in total. The minimum Gasteiger partial charge on any atom is -0.264 e. The Morgan fingerprint density at radius 1 is 1.00 bits per heavy atom. The van der Waals surface area contributed by atoms with Crippen LogP contribution in [0.1, 0.15) is 0 Å². The van der Waals surface area contributed by atoms with Crippen LogP contribution in [0.5, 0.6) is 0 Å². The van der Waals surface area contributed by atoms with E-state index in [0.29, 0.717) is 5.82 Å². The third-order valence-electron chi connectivity index (χ3n) is 1.41. The Kier molecular flexibility index (Phi) is 1.74. The highest BCUT2D eigenvalue weighted by molar-refractivity contribution is 5.51. The van der Waals surface area contributed by atoms with Crippen LogP contribution in [-0.2, 0) is 0 Å². The van der Waals surface area contributed by atoms with Crippen molar-refractivity contribution in [2.24, 2.45) is 0 Å². The molecule has 0 spiro atoms. The summed E-state index contributed by atoms with van der Waals surface area (Å²) in [6.45, 7) is 0. The molecule has 0 atom stereocenters. The summed E-state index contributed by atoms with van der Waals surface area (Å²) in [6, 6.07) is 3.75. The molecule has 58 valence electrons. The van der Waals surface area contributed by atoms with Gasteiger partial charge in [-0.15, -0.1) is 0 Å². The first-order valence-corrected chi connectivity index (χ1v) is 3.49. The third kappa shape index (κ3) is 1.27. The van der Waals surface area contributed by atoms with E-state index in [9.17, 15) is 0 Å². The van der Waals surface area contributed by atoms with Gasteiger partial charge in [0.15, 0.2) is 5.82 Å². The lowest BCUT2D eigenvalue weighted by Crippen LogP contribution is -1.88. The second-order valence-corrected chi connectivity index (χ2v) is 2.20. The van der Waals surface area contributed by atoms with E-state index in [1.807, 2.05) is 12.1 Å². The van der Waals surface area contributed by atoms with Crippen molar-refractivity contribution in [3.05, 3.63) is 37.2 Å². The maximum atomic E-state index is 3.99. The van der Waals surface area contributed by atoms with Crippen LogP contribution in [0.4, 0.5) is 0 Å². The molecule has 0 saturated carbocycles. The predicted molar refractivity (Wildman–Crippen MR) is 43.1 cm³/mol. The number of nitrogens with zero attached hydrogens (tertiary/aromatic N) is 4. The van der Waals surface area contributed by atoms with Gasteiger partial charge in [0.2, 0.25) is 0 Å². The molecule has 4 nitrogen and oxygen atoms in total. The largest absolute Gasteiger partial charge is 0.264 e. The number of hydrogen-bond donors (Lipinski definition) is 0. The van der Waals surface area contributed by atoms with Crippen LogP contribution < -0.4 is 0 Å². The average Bonchev–Trinajstić information content (AvgIpc) is 2.21. The second kappa shape index (κ2) is 3.04. The van der Waals surface area contributed by atoms with Crippen LogP contribution in [0.15, 0.2) is 37.2 Å². The Morgan fingerprint density at radius 2 is 1.83 bits per heavy atom. The number of rotatable bonds is 1. The van der Waals surface area contributed by atoms with E-state index in [-0.39, 0.29) is 0 Å². The molecule has 2 heterocycles. The fourth-order valence-corrected chi connectivity index (χ4v) is 0.883. The molecule has 0 aromatic carbocycles. The average molecular weight is 158 g/mol.